The second-order valence-electron chi connectivity index (χ2n) is 9.34. The van der Waals surface area contributed by atoms with E-state index in [9.17, 15) is 32.9 Å². The van der Waals surface area contributed by atoms with Crippen LogP contribution in [-0.4, -0.2) is 33.3 Å². The van der Waals surface area contributed by atoms with Gasteiger partial charge >= 0.3 is 11.9 Å². The Balaban J connectivity index is 1.49. The number of nitrogens with zero attached hydrogens (tertiary/aromatic N) is 4. The first-order valence-corrected chi connectivity index (χ1v) is 13.6. The zero-order chi connectivity index (χ0) is 32.3. The molecule has 10 nitrogen and oxygen atoms in total. The number of benzene rings is 4. The molecule has 0 spiro atoms. The molecule has 1 amide bonds. The quantitative estimate of drug-likeness (QED) is 0.107. The van der Waals surface area contributed by atoms with E-state index < -0.39 is 40.4 Å². The van der Waals surface area contributed by atoms with Gasteiger partial charge in [-0.3, -0.25) is 19.7 Å². The van der Waals surface area contributed by atoms with Gasteiger partial charge in [0.15, 0.2) is 12.4 Å². The van der Waals surface area contributed by atoms with Gasteiger partial charge in [-0.15, -0.1) is 0 Å². The van der Waals surface area contributed by atoms with E-state index in [0.29, 0.717) is 10.7 Å². The van der Waals surface area contributed by atoms with Crippen molar-refractivity contribution in [2.24, 2.45) is 5.10 Å². The molecule has 5 rings (SSSR count). The number of nitro groups is 1. The number of ether oxygens (including phenoxy) is 1. The molecular formula is C30H18Cl2F3N5O5. The number of hydrogen-bond donors (Lipinski definition) is 1. The summed E-state index contributed by atoms with van der Waals surface area (Å²) in [5.41, 5.74) is -1.63. The number of halogens is 5. The summed E-state index contributed by atoms with van der Waals surface area (Å²) in [5, 5.41) is 18.9. The summed E-state index contributed by atoms with van der Waals surface area (Å²) in [5.74, 6) is -1.22. The molecule has 0 saturated heterocycles. The molecule has 1 heterocycles. The summed E-state index contributed by atoms with van der Waals surface area (Å²) in [6, 6.07) is 18.9. The second kappa shape index (κ2) is 12.8. The number of amides is 1. The number of nitrogens with one attached hydrogen (secondary N) is 1. The van der Waals surface area contributed by atoms with E-state index in [4.69, 9.17) is 27.9 Å². The highest BCUT2D eigenvalue weighted by molar-refractivity contribution is 6.32. The third-order valence-corrected chi connectivity index (χ3v) is 6.78. The predicted molar refractivity (Wildman–Crippen MR) is 163 cm³/mol. The summed E-state index contributed by atoms with van der Waals surface area (Å²) in [4.78, 5) is 41.2. The van der Waals surface area contributed by atoms with Crippen LogP contribution in [-0.2, 0) is 11.0 Å². The molecule has 0 fully saturated rings. The fourth-order valence-electron chi connectivity index (χ4n) is 4.20. The maximum atomic E-state index is 13.4. The second-order valence-corrected chi connectivity index (χ2v) is 10.2. The molecule has 0 atom stereocenters. The number of anilines is 1. The number of carbonyl (C=O) groups excluding carboxylic acids is 1. The average Bonchev–Trinajstić information content (AvgIpc) is 3.00. The zero-order valence-corrected chi connectivity index (χ0v) is 24.1. The smallest absolute Gasteiger partial charge is 0.416 e. The van der Waals surface area contributed by atoms with Crippen molar-refractivity contribution < 1.29 is 27.6 Å². The summed E-state index contributed by atoms with van der Waals surface area (Å²) < 4.78 is 46.5. The average molecular weight is 656 g/mol. The van der Waals surface area contributed by atoms with E-state index in [2.05, 4.69) is 15.4 Å². The number of hydrogen-bond acceptors (Lipinski definition) is 7. The van der Waals surface area contributed by atoms with Gasteiger partial charge in [0.1, 0.15) is 0 Å². The molecule has 4 aromatic carbocycles. The Bertz CT molecular complexity index is 2030. The molecule has 0 aliphatic heterocycles. The minimum absolute atomic E-state index is 0.0414. The molecule has 228 valence electrons. The highest BCUT2D eigenvalue weighted by atomic mass is 35.5. The van der Waals surface area contributed by atoms with Crippen molar-refractivity contribution in [1.82, 2.24) is 9.66 Å². The third-order valence-electron chi connectivity index (χ3n) is 6.24. The van der Waals surface area contributed by atoms with Crippen LogP contribution in [0.2, 0.25) is 10.0 Å². The summed E-state index contributed by atoms with van der Waals surface area (Å²) in [6.07, 6.45) is -3.60. The molecule has 1 aromatic heterocycles. The van der Waals surface area contributed by atoms with E-state index in [1.54, 1.807) is 36.4 Å². The van der Waals surface area contributed by atoms with Crippen LogP contribution >= 0.6 is 23.2 Å². The largest absolute Gasteiger partial charge is 0.476 e. The highest BCUT2D eigenvalue weighted by Gasteiger charge is 2.31. The number of carbonyl (C=O) groups is 1. The lowest BCUT2D eigenvalue weighted by Crippen LogP contribution is -2.21. The van der Waals surface area contributed by atoms with Crippen molar-refractivity contribution in [3.63, 3.8) is 0 Å². The molecular weight excluding hydrogens is 638 g/mol. The number of fused-ring (bicyclic) bond motifs is 1. The predicted octanol–water partition coefficient (Wildman–Crippen LogP) is 7.20. The summed E-state index contributed by atoms with van der Waals surface area (Å²) >= 11 is 12.1. The van der Waals surface area contributed by atoms with Crippen molar-refractivity contribution >= 4 is 57.6 Å². The molecule has 15 heteroatoms. The van der Waals surface area contributed by atoms with Gasteiger partial charge < -0.3 is 10.1 Å². The van der Waals surface area contributed by atoms with E-state index in [1.807, 2.05) is 0 Å². The molecule has 0 aliphatic carbocycles. The van der Waals surface area contributed by atoms with Crippen molar-refractivity contribution in [2.45, 2.75) is 6.18 Å². The van der Waals surface area contributed by atoms with Crippen LogP contribution in [0.25, 0.3) is 22.3 Å². The van der Waals surface area contributed by atoms with E-state index in [1.165, 1.54) is 30.3 Å². The fraction of sp³-hybridized carbons (Fsp3) is 0.0667. The van der Waals surface area contributed by atoms with Crippen LogP contribution in [0, 0.1) is 10.1 Å². The Hall–Kier alpha value is -5.27. The Morgan fingerprint density at radius 1 is 1.04 bits per heavy atom. The number of aromatic nitrogens is 2. The van der Waals surface area contributed by atoms with Crippen LogP contribution in [0.1, 0.15) is 11.1 Å². The van der Waals surface area contributed by atoms with Crippen LogP contribution in [0.4, 0.5) is 24.5 Å². The summed E-state index contributed by atoms with van der Waals surface area (Å²) in [6.45, 7) is -0.616. The van der Waals surface area contributed by atoms with Gasteiger partial charge in [0.05, 0.1) is 32.6 Å². The van der Waals surface area contributed by atoms with Crippen LogP contribution in [0.15, 0.2) is 94.8 Å². The topological polar surface area (TPSA) is 129 Å². The van der Waals surface area contributed by atoms with Gasteiger partial charge in [0, 0.05) is 27.9 Å². The fourth-order valence-corrected chi connectivity index (χ4v) is 4.60. The summed E-state index contributed by atoms with van der Waals surface area (Å²) in [7, 11) is 0. The number of rotatable bonds is 8. The zero-order valence-electron chi connectivity index (χ0n) is 22.6. The standard InChI is InChI=1S/C30H18Cl2F3N5O5/c31-20-8-10-21(11-9-20)37-26(41)16-45-27-23(32)12-17(13-25(27)40(43)44)15-36-39-28(18-4-3-5-19(14-18)30(33,34)35)38-24-7-2-1-6-22(24)29(39)42/h1-15H,16H2,(H,37,41). The highest BCUT2D eigenvalue weighted by Crippen LogP contribution is 2.36. The van der Waals surface area contributed by atoms with Crippen LogP contribution < -0.4 is 15.6 Å². The minimum atomic E-state index is -4.66. The first kappa shape index (κ1) is 31.2. The molecule has 1 N–H and O–H groups in total. The van der Waals surface area contributed by atoms with Crippen molar-refractivity contribution in [2.75, 3.05) is 11.9 Å². The maximum Gasteiger partial charge on any atom is 0.416 e. The monoisotopic (exact) mass is 655 g/mol. The molecule has 0 aliphatic rings. The Kier molecular flexibility index (Phi) is 8.84. The van der Waals surface area contributed by atoms with Crippen molar-refractivity contribution in [3.8, 4) is 17.1 Å². The lowest BCUT2D eigenvalue weighted by Gasteiger charge is -2.12. The number of para-hydroxylation sites is 1. The Morgan fingerprint density at radius 2 is 1.78 bits per heavy atom. The van der Waals surface area contributed by atoms with Crippen LogP contribution in [0.5, 0.6) is 5.75 Å². The lowest BCUT2D eigenvalue weighted by molar-refractivity contribution is -0.385. The lowest BCUT2D eigenvalue weighted by atomic mass is 10.1. The van der Waals surface area contributed by atoms with Gasteiger partial charge in [0.25, 0.3) is 11.5 Å². The molecule has 0 unspecified atom stereocenters. The first-order chi connectivity index (χ1) is 21.4. The van der Waals surface area contributed by atoms with Crippen LogP contribution in [0.3, 0.4) is 0 Å². The third kappa shape index (κ3) is 7.11. The Labute approximate surface area is 261 Å². The molecule has 45 heavy (non-hydrogen) atoms. The van der Waals surface area contributed by atoms with Gasteiger partial charge in [0.2, 0.25) is 5.75 Å². The van der Waals surface area contributed by atoms with Gasteiger partial charge in [-0.05, 0) is 54.6 Å². The van der Waals surface area contributed by atoms with E-state index >= 15 is 0 Å². The normalized spacial score (nSPS) is 11.6. The Morgan fingerprint density at radius 3 is 2.49 bits per heavy atom. The van der Waals surface area contributed by atoms with E-state index in [0.717, 1.165) is 29.1 Å². The molecule has 0 radical (unpaired) electrons. The molecule has 5 aromatic rings. The SMILES string of the molecule is O=C(COc1c(Cl)cc(C=Nn2c(-c3cccc(C(F)(F)F)c3)nc3ccccc3c2=O)cc1[N+](=O)[O-])Nc1ccc(Cl)cc1. The van der Waals surface area contributed by atoms with E-state index in [-0.39, 0.29) is 38.6 Å². The first-order valence-electron chi connectivity index (χ1n) is 12.8. The molecule has 0 bridgehead atoms. The van der Waals surface area contributed by atoms with Gasteiger partial charge in [-0.1, -0.05) is 47.5 Å². The van der Waals surface area contributed by atoms with Gasteiger partial charge in [-0.2, -0.15) is 22.9 Å². The minimum Gasteiger partial charge on any atom is -0.476 e. The van der Waals surface area contributed by atoms with Gasteiger partial charge in [-0.25, -0.2) is 4.98 Å². The molecule has 0 saturated carbocycles. The number of nitro benzene ring substituents is 1. The van der Waals surface area contributed by atoms with Crippen molar-refractivity contribution in [1.29, 1.82) is 0 Å². The maximum absolute atomic E-state index is 13.4. The number of alkyl halides is 3. The van der Waals surface area contributed by atoms with Crippen molar-refractivity contribution in [3.05, 3.63) is 127 Å².